The predicted octanol–water partition coefficient (Wildman–Crippen LogP) is 3.80. The average molecular weight is 407 g/mol. The fourth-order valence-corrected chi connectivity index (χ4v) is 3.92. The first kappa shape index (κ1) is 20.5. The van der Waals surface area contributed by atoms with Crippen molar-refractivity contribution in [2.75, 3.05) is 17.7 Å². The topological polar surface area (TPSA) is 91.2 Å². The zero-order valence-corrected chi connectivity index (χ0v) is 16.8. The summed E-state index contributed by atoms with van der Waals surface area (Å²) in [4.78, 5) is 24.5. The van der Waals surface area contributed by atoms with Gasteiger partial charge in [-0.25, -0.2) is 0 Å². The van der Waals surface area contributed by atoms with Crippen molar-refractivity contribution in [3.63, 3.8) is 0 Å². The molecule has 0 radical (unpaired) electrons. The number of nitriles is 1. The molecule has 1 heterocycles. The number of hydrogen-bond acceptors (Lipinski definition) is 5. The lowest BCUT2D eigenvalue weighted by molar-refractivity contribution is -0.121. The van der Waals surface area contributed by atoms with Crippen molar-refractivity contribution in [1.82, 2.24) is 5.32 Å². The van der Waals surface area contributed by atoms with Crippen LogP contribution in [0.2, 0.25) is 0 Å². The van der Waals surface area contributed by atoms with Crippen LogP contribution >= 0.6 is 11.8 Å². The number of allylic oxidation sites excluding steroid dienone is 1. The van der Waals surface area contributed by atoms with Gasteiger partial charge in [0.15, 0.2) is 0 Å². The lowest BCUT2D eigenvalue weighted by Gasteiger charge is -2.25. The van der Waals surface area contributed by atoms with Gasteiger partial charge in [0.2, 0.25) is 11.8 Å². The molecule has 2 aromatic rings. The van der Waals surface area contributed by atoms with Crippen molar-refractivity contribution >= 4 is 29.3 Å². The number of amides is 2. The summed E-state index contributed by atoms with van der Waals surface area (Å²) in [5.74, 6) is 0.134. The number of nitrogens with one attached hydrogen (secondary N) is 2. The summed E-state index contributed by atoms with van der Waals surface area (Å²) >= 11 is 1.16. The van der Waals surface area contributed by atoms with Gasteiger partial charge in [-0.3, -0.25) is 9.59 Å². The molecule has 7 heteroatoms. The van der Waals surface area contributed by atoms with Crippen molar-refractivity contribution in [2.45, 2.75) is 19.3 Å². The van der Waals surface area contributed by atoms with Crippen LogP contribution < -0.4 is 15.4 Å². The van der Waals surface area contributed by atoms with E-state index in [1.54, 1.807) is 24.3 Å². The molecule has 1 atom stereocenters. The Morgan fingerprint density at radius 1 is 1.24 bits per heavy atom. The molecule has 0 aromatic heterocycles. The van der Waals surface area contributed by atoms with Crippen molar-refractivity contribution in [1.29, 1.82) is 5.26 Å². The van der Waals surface area contributed by atoms with Gasteiger partial charge >= 0.3 is 0 Å². The van der Waals surface area contributed by atoms with E-state index in [9.17, 15) is 14.9 Å². The molecule has 2 N–H and O–H groups in total. The highest BCUT2D eigenvalue weighted by atomic mass is 32.2. The zero-order chi connectivity index (χ0) is 20.6. The maximum Gasteiger partial charge on any atom is 0.234 e. The van der Waals surface area contributed by atoms with Crippen LogP contribution in [0.3, 0.4) is 0 Å². The molecule has 1 aliphatic heterocycles. The Morgan fingerprint density at radius 2 is 1.97 bits per heavy atom. The van der Waals surface area contributed by atoms with Gasteiger partial charge in [-0.2, -0.15) is 5.26 Å². The third-order valence-corrected chi connectivity index (χ3v) is 5.37. The van der Waals surface area contributed by atoms with E-state index in [-0.39, 0.29) is 29.9 Å². The number of carbonyl (C=O) groups is 2. The lowest BCUT2D eigenvalue weighted by atomic mass is 9.87. The summed E-state index contributed by atoms with van der Waals surface area (Å²) in [6.45, 7) is 2.48. The molecule has 0 fully saturated rings. The highest BCUT2D eigenvalue weighted by molar-refractivity contribution is 8.03. The van der Waals surface area contributed by atoms with Crippen molar-refractivity contribution in [3.05, 3.63) is 70.8 Å². The Kier molecular flexibility index (Phi) is 6.93. The third kappa shape index (κ3) is 5.39. The SMILES string of the molecule is CCOc1ccc(NC(=O)CSC2=C(C#N)C(c3ccccc3)CC(=O)N2)cc1. The predicted molar refractivity (Wildman–Crippen MR) is 113 cm³/mol. The molecular formula is C22H21N3O3S. The van der Waals surface area contributed by atoms with Crippen molar-refractivity contribution in [3.8, 4) is 11.8 Å². The van der Waals surface area contributed by atoms with E-state index >= 15 is 0 Å². The standard InChI is InChI=1S/C22H21N3O3S/c1-2-28-17-10-8-16(9-11-17)24-21(27)14-29-22-19(13-23)18(12-20(26)25-22)15-6-4-3-5-7-15/h3-11,18H,2,12,14H2,1H3,(H,24,27)(H,25,26). The summed E-state index contributed by atoms with van der Waals surface area (Å²) in [6, 6.07) is 18.8. The van der Waals surface area contributed by atoms with Crippen LogP contribution in [0.1, 0.15) is 24.8 Å². The summed E-state index contributed by atoms with van der Waals surface area (Å²) in [7, 11) is 0. The highest BCUT2D eigenvalue weighted by Crippen LogP contribution is 2.35. The second-order valence-corrected chi connectivity index (χ2v) is 7.35. The van der Waals surface area contributed by atoms with Crippen LogP contribution in [-0.4, -0.2) is 24.2 Å². The highest BCUT2D eigenvalue weighted by Gasteiger charge is 2.29. The molecule has 2 aromatic carbocycles. The van der Waals surface area contributed by atoms with E-state index in [1.807, 2.05) is 37.3 Å². The Balaban J connectivity index is 1.67. The summed E-state index contributed by atoms with van der Waals surface area (Å²) < 4.78 is 5.38. The van der Waals surface area contributed by atoms with E-state index in [4.69, 9.17) is 4.74 Å². The Bertz CT molecular complexity index is 950. The van der Waals surface area contributed by atoms with E-state index in [2.05, 4.69) is 16.7 Å². The molecule has 0 bridgehead atoms. The molecule has 0 saturated carbocycles. The van der Waals surface area contributed by atoms with E-state index in [0.717, 1.165) is 23.1 Å². The Hall–Kier alpha value is -3.24. The first-order chi connectivity index (χ1) is 14.1. The number of benzene rings is 2. The molecular weight excluding hydrogens is 386 g/mol. The molecule has 29 heavy (non-hydrogen) atoms. The van der Waals surface area contributed by atoms with Gasteiger partial charge in [0.25, 0.3) is 0 Å². The fraction of sp³-hybridized carbons (Fsp3) is 0.227. The minimum absolute atomic E-state index is 0.0789. The maximum absolute atomic E-state index is 12.3. The normalized spacial score (nSPS) is 16.0. The number of rotatable bonds is 7. The van der Waals surface area contributed by atoms with Crippen LogP contribution in [0, 0.1) is 11.3 Å². The maximum atomic E-state index is 12.3. The second kappa shape index (κ2) is 9.80. The van der Waals surface area contributed by atoms with E-state index < -0.39 is 0 Å². The molecule has 3 rings (SSSR count). The first-order valence-electron chi connectivity index (χ1n) is 9.25. The Labute approximate surface area is 173 Å². The van der Waals surface area contributed by atoms with Gasteiger partial charge < -0.3 is 15.4 Å². The van der Waals surface area contributed by atoms with E-state index in [0.29, 0.717) is 22.9 Å². The minimum atomic E-state index is -0.299. The van der Waals surface area contributed by atoms with E-state index in [1.165, 1.54) is 0 Å². The smallest absolute Gasteiger partial charge is 0.234 e. The Morgan fingerprint density at radius 3 is 2.62 bits per heavy atom. The molecule has 2 amide bonds. The zero-order valence-electron chi connectivity index (χ0n) is 16.0. The average Bonchev–Trinajstić information content (AvgIpc) is 2.74. The minimum Gasteiger partial charge on any atom is -0.494 e. The lowest BCUT2D eigenvalue weighted by Crippen LogP contribution is -2.31. The fourth-order valence-electron chi connectivity index (χ4n) is 3.04. The summed E-state index contributed by atoms with van der Waals surface area (Å²) in [6.07, 6.45) is 0.218. The molecule has 148 valence electrons. The van der Waals surface area contributed by atoms with Gasteiger partial charge in [-0.1, -0.05) is 42.1 Å². The number of carbonyl (C=O) groups excluding carboxylic acids is 2. The number of thioether (sulfide) groups is 1. The molecule has 0 aliphatic carbocycles. The number of ether oxygens (including phenoxy) is 1. The molecule has 6 nitrogen and oxygen atoms in total. The molecule has 1 aliphatic rings. The van der Waals surface area contributed by atoms with Crippen molar-refractivity contribution in [2.24, 2.45) is 0 Å². The van der Waals surface area contributed by atoms with Crippen LogP contribution in [0.4, 0.5) is 5.69 Å². The molecule has 0 spiro atoms. The second-order valence-electron chi connectivity index (χ2n) is 6.36. The summed E-state index contributed by atoms with van der Waals surface area (Å²) in [5.41, 5.74) is 2.05. The molecule has 0 saturated heterocycles. The van der Waals surface area contributed by atoms with Gasteiger partial charge in [0, 0.05) is 18.0 Å². The van der Waals surface area contributed by atoms with Gasteiger partial charge in [0.05, 0.1) is 29.0 Å². The van der Waals surface area contributed by atoms with Crippen molar-refractivity contribution < 1.29 is 14.3 Å². The quantitative estimate of drug-likeness (QED) is 0.729. The number of nitrogens with zero attached hydrogens (tertiary/aromatic N) is 1. The molecule has 1 unspecified atom stereocenters. The van der Waals surface area contributed by atoms with Gasteiger partial charge in [0.1, 0.15) is 5.75 Å². The first-order valence-corrected chi connectivity index (χ1v) is 10.2. The summed E-state index contributed by atoms with van der Waals surface area (Å²) in [5, 5.41) is 15.7. The monoisotopic (exact) mass is 407 g/mol. The van der Waals surface area contributed by atoms with Crippen LogP contribution in [-0.2, 0) is 9.59 Å². The van der Waals surface area contributed by atoms with Crippen LogP contribution in [0.15, 0.2) is 65.2 Å². The van der Waals surface area contributed by atoms with Gasteiger partial charge in [-0.05, 0) is 36.8 Å². The third-order valence-electron chi connectivity index (χ3n) is 4.35. The van der Waals surface area contributed by atoms with Gasteiger partial charge in [-0.15, -0.1) is 0 Å². The van der Waals surface area contributed by atoms with Crippen LogP contribution in [0.25, 0.3) is 0 Å². The number of anilines is 1. The van der Waals surface area contributed by atoms with Crippen LogP contribution in [0.5, 0.6) is 5.75 Å². The number of hydrogen-bond donors (Lipinski definition) is 2. The largest absolute Gasteiger partial charge is 0.494 e.